The number of fused-ring (bicyclic) bond motifs is 3. The number of anilines is 3. The molecule has 0 spiro atoms. The van der Waals surface area contributed by atoms with E-state index in [9.17, 15) is 13.6 Å². The summed E-state index contributed by atoms with van der Waals surface area (Å²) in [5.74, 6) is 1.73. The minimum absolute atomic E-state index is 0.0115. The van der Waals surface area contributed by atoms with E-state index < -0.39 is 12.2 Å². The molecule has 4 bridgehead atoms. The average Bonchev–Trinajstić information content (AvgIpc) is 3.64. The molecule has 0 radical (unpaired) electrons. The summed E-state index contributed by atoms with van der Waals surface area (Å²) in [6, 6.07) is 3.91. The van der Waals surface area contributed by atoms with E-state index in [0.29, 0.717) is 42.3 Å². The van der Waals surface area contributed by atoms with Gasteiger partial charge < -0.3 is 29.9 Å². The van der Waals surface area contributed by atoms with Crippen LogP contribution in [0.1, 0.15) is 33.1 Å². The highest BCUT2D eigenvalue weighted by Gasteiger charge is 2.49. The number of likely N-dealkylation sites (tertiary alicyclic amines) is 1. The van der Waals surface area contributed by atoms with Gasteiger partial charge in [-0.05, 0) is 45.1 Å². The molecular weight excluding hydrogens is 484 g/mol. The van der Waals surface area contributed by atoms with E-state index in [2.05, 4.69) is 19.5 Å². The van der Waals surface area contributed by atoms with Crippen molar-refractivity contribution in [2.24, 2.45) is 5.92 Å². The number of carbonyl (C=O) groups is 1. The van der Waals surface area contributed by atoms with Crippen molar-refractivity contribution in [3.8, 4) is 17.0 Å². The SMILES string of the molecule is COC(C)(C)C(=O)N1CC2CC1CN2c1cc(-c2cnc(N)c(OC(F)F)c2)nc(N2CC3CC2C3)n1. The number of hydrogen-bond donors (Lipinski definition) is 1. The Bertz CT molecular complexity index is 1220. The maximum absolute atomic E-state index is 13.0. The van der Waals surface area contributed by atoms with E-state index >= 15 is 0 Å². The van der Waals surface area contributed by atoms with Crippen LogP contribution >= 0.6 is 0 Å². The van der Waals surface area contributed by atoms with Gasteiger partial charge in [-0.2, -0.15) is 13.8 Å². The van der Waals surface area contributed by atoms with Gasteiger partial charge in [0.1, 0.15) is 11.4 Å². The summed E-state index contributed by atoms with van der Waals surface area (Å²) in [4.78, 5) is 33.3. The number of halogens is 2. The summed E-state index contributed by atoms with van der Waals surface area (Å²) >= 11 is 0. The summed E-state index contributed by atoms with van der Waals surface area (Å²) in [5.41, 5.74) is 5.96. The van der Waals surface area contributed by atoms with Crippen molar-refractivity contribution in [1.82, 2.24) is 19.9 Å². The van der Waals surface area contributed by atoms with Crippen molar-refractivity contribution in [3.63, 3.8) is 0 Å². The number of piperazine rings is 1. The van der Waals surface area contributed by atoms with E-state index in [1.165, 1.54) is 12.3 Å². The lowest BCUT2D eigenvalue weighted by molar-refractivity contribution is -0.152. The number of pyridine rings is 1. The number of hydrogen-bond acceptors (Lipinski definition) is 9. The molecule has 2 aromatic rings. The number of alkyl halides is 2. The van der Waals surface area contributed by atoms with Crippen LogP contribution in [0, 0.1) is 5.92 Å². The minimum atomic E-state index is -3.01. The molecule has 2 aromatic heterocycles. The Balaban J connectivity index is 1.33. The van der Waals surface area contributed by atoms with Gasteiger partial charge in [0, 0.05) is 50.6 Å². The molecule has 4 aliphatic heterocycles. The molecule has 4 saturated heterocycles. The molecule has 2 atom stereocenters. The molecule has 2 unspecified atom stereocenters. The van der Waals surface area contributed by atoms with Gasteiger partial charge in [-0.1, -0.05) is 0 Å². The second-order valence-electron chi connectivity index (χ2n) is 10.9. The van der Waals surface area contributed by atoms with E-state index in [1.54, 1.807) is 21.0 Å². The Kier molecular flexibility index (Phi) is 5.62. The van der Waals surface area contributed by atoms with Crippen LogP contribution < -0.4 is 20.3 Å². The molecule has 5 aliphatic rings. The fraction of sp³-hybridized carbons (Fsp3) is 0.600. The second kappa shape index (κ2) is 8.64. The van der Waals surface area contributed by atoms with Crippen molar-refractivity contribution in [2.75, 3.05) is 42.3 Å². The van der Waals surface area contributed by atoms with E-state index in [4.69, 9.17) is 20.4 Å². The quantitative estimate of drug-likeness (QED) is 0.595. The predicted octanol–water partition coefficient (Wildman–Crippen LogP) is 2.54. The van der Waals surface area contributed by atoms with E-state index in [1.807, 2.05) is 11.0 Å². The van der Waals surface area contributed by atoms with E-state index in [0.717, 1.165) is 31.6 Å². The molecule has 7 rings (SSSR count). The van der Waals surface area contributed by atoms with Crippen LogP contribution in [0.5, 0.6) is 5.75 Å². The fourth-order valence-electron chi connectivity index (χ4n) is 6.04. The third kappa shape index (κ3) is 4.11. The number of nitrogens with two attached hydrogens (primary N) is 1. The largest absolute Gasteiger partial charge is 0.431 e. The Morgan fingerprint density at radius 2 is 1.86 bits per heavy atom. The Labute approximate surface area is 213 Å². The van der Waals surface area contributed by atoms with Crippen molar-refractivity contribution in [2.45, 2.75) is 63.4 Å². The zero-order valence-electron chi connectivity index (χ0n) is 21.1. The smallest absolute Gasteiger partial charge is 0.387 e. The topological polar surface area (TPSA) is 110 Å². The number of amides is 1. The lowest BCUT2D eigenvalue weighted by Crippen LogP contribution is -2.55. The average molecular weight is 516 g/mol. The molecule has 1 saturated carbocycles. The van der Waals surface area contributed by atoms with Gasteiger partial charge in [0.25, 0.3) is 5.91 Å². The van der Waals surface area contributed by atoms with Crippen molar-refractivity contribution >= 4 is 23.5 Å². The molecule has 0 aromatic carbocycles. The molecule has 37 heavy (non-hydrogen) atoms. The minimum Gasteiger partial charge on any atom is -0.431 e. The molecule has 1 amide bonds. The number of nitrogen functional groups attached to an aromatic ring is 1. The number of rotatable bonds is 7. The number of ether oxygens (including phenoxy) is 2. The van der Waals surface area contributed by atoms with Crippen molar-refractivity contribution < 1.29 is 23.0 Å². The summed E-state index contributed by atoms with van der Waals surface area (Å²) in [6.07, 6.45) is 4.64. The molecule has 198 valence electrons. The summed E-state index contributed by atoms with van der Waals surface area (Å²) in [6.45, 7) is 2.72. The number of aromatic nitrogens is 3. The first-order valence-electron chi connectivity index (χ1n) is 12.6. The highest BCUT2D eigenvalue weighted by molar-refractivity contribution is 5.85. The van der Waals surface area contributed by atoms with Crippen LogP contribution in [0.2, 0.25) is 0 Å². The maximum Gasteiger partial charge on any atom is 0.387 e. The van der Waals surface area contributed by atoms with Crippen LogP contribution in [0.3, 0.4) is 0 Å². The van der Waals surface area contributed by atoms with Gasteiger partial charge >= 0.3 is 6.61 Å². The normalized spacial score (nSPS) is 26.3. The Hall–Kier alpha value is -3.28. The predicted molar refractivity (Wildman–Crippen MR) is 133 cm³/mol. The molecule has 10 nitrogen and oxygen atoms in total. The first kappa shape index (κ1) is 24.1. The number of methoxy groups -OCH3 is 1. The van der Waals surface area contributed by atoms with Gasteiger partial charge in [0.15, 0.2) is 11.6 Å². The standard InChI is InChI=1S/C25H31F2N7O3/c1-25(2,36-3)22(35)33-12-16-7-17(33)11-32(16)20-8-18(14-6-19(37-23(26)27)21(28)29-9-14)30-24(31-20)34-10-13-4-15(34)5-13/h6,8-9,13,15-17,23H,4-5,7,10-12H2,1-3H3,(H2,28,29). The van der Waals surface area contributed by atoms with Crippen LogP contribution in [0.25, 0.3) is 11.3 Å². The monoisotopic (exact) mass is 515 g/mol. The van der Waals surface area contributed by atoms with Crippen LogP contribution in [-0.4, -0.2) is 82.8 Å². The lowest BCUT2D eigenvalue weighted by Gasteiger charge is -2.38. The Morgan fingerprint density at radius 1 is 1.08 bits per heavy atom. The maximum atomic E-state index is 13.0. The van der Waals surface area contributed by atoms with Crippen LogP contribution in [0.4, 0.5) is 26.4 Å². The van der Waals surface area contributed by atoms with Gasteiger partial charge in [-0.15, -0.1) is 0 Å². The van der Waals surface area contributed by atoms with Crippen molar-refractivity contribution in [3.05, 3.63) is 18.3 Å². The molecule has 6 heterocycles. The first-order valence-corrected chi connectivity index (χ1v) is 12.6. The third-order valence-corrected chi connectivity index (χ3v) is 8.28. The first-order chi connectivity index (χ1) is 17.6. The lowest BCUT2D eigenvalue weighted by atomic mass is 9.86. The van der Waals surface area contributed by atoms with Crippen molar-refractivity contribution in [1.29, 1.82) is 0 Å². The molecule has 2 N–H and O–H groups in total. The summed E-state index contributed by atoms with van der Waals surface area (Å²) < 4.78 is 35.8. The highest BCUT2D eigenvalue weighted by atomic mass is 19.3. The van der Waals surface area contributed by atoms with Crippen LogP contribution in [0.15, 0.2) is 18.3 Å². The summed E-state index contributed by atoms with van der Waals surface area (Å²) in [5, 5.41) is 0. The van der Waals surface area contributed by atoms with E-state index in [-0.39, 0.29) is 29.6 Å². The zero-order valence-corrected chi connectivity index (χ0v) is 21.1. The zero-order chi connectivity index (χ0) is 26.1. The fourth-order valence-corrected chi connectivity index (χ4v) is 6.04. The van der Waals surface area contributed by atoms with Crippen LogP contribution in [-0.2, 0) is 9.53 Å². The third-order valence-electron chi connectivity index (χ3n) is 8.28. The summed E-state index contributed by atoms with van der Waals surface area (Å²) in [7, 11) is 1.55. The highest BCUT2D eigenvalue weighted by Crippen LogP contribution is 2.44. The Morgan fingerprint density at radius 3 is 2.49 bits per heavy atom. The van der Waals surface area contributed by atoms with Gasteiger partial charge in [-0.3, -0.25) is 4.79 Å². The second-order valence-corrected chi connectivity index (χ2v) is 10.9. The molecule has 5 fully saturated rings. The van der Waals surface area contributed by atoms with Gasteiger partial charge in [0.2, 0.25) is 5.95 Å². The van der Waals surface area contributed by atoms with Gasteiger partial charge in [-0.25, -0.2) is 9.97 Å². The molecular formula is C25H31F2N7O3. The number of carbonyl (C=O) groups excluding carboxylic acids is 1. The molecule has 12 heteroatoms. The van der Waals surface area contributed by atoms with Gasteiger partial charge in [0.05, 0.1) is 17.8 Å². The molecule has 1 aliphatic carbocycles. The number of nitrogens with zero attached hydrogens (tertiary/aromatic N) is 6.